The van der Waals surface area contributed by atoms with Crippen LogP contribution in [0.3, 0.4) is 0 Å². The van der Waals surface area contributed by atoms with E-state index in [1.54, 1.807) is 0 Å². The van der Waals surface area contributed by atoms with Gasteiger partial charge in [-0.1, -0.05) is 6.92 Å². The first-order valence-electron chi connectivity index (χ1n) is 0.996. The summed E-state index contributed by atoms with van der Waals surface area (Å²) in [4.78, 5) is 0. The highest BCUT2D eigenvalue weighted by Crippen LogP contribution is 1.36. The van der Waals surface area contributed by atoms with Crippen molar-refractivity contribution in [3.63, 3.8) is 0 Å². The van der Waals surface area contributed by atoms with Crippen molar-refractivity contribution in [3.8, 4) is 0 Å². The Morgan fingerprint density at radius 3 is 1.75 bits per heavy atom. The molecule has 28 valence electrons. The van der Waals surface area contributed by atoms with Gasteiger partial charge in [0.05, 0.1) is 0 Å². The van der Waals surface area contributed by atoms with E-state index in [-0.39, 0.29) is 6.15 Å². The molecule has 0 aromatic rings. The Hall–Kier alpha value is 0.310. The molecule has 0 radical (unpaired) electrons. The number of rotatable bonds is 0. The molecule has 0 bridgehead atoms. The largest absolute Gasteiger partial charge is 0.793 e. The van der Waals surface area contributed by atoms with E-state index in [1.165, 1.54) is 0 Å². The maximum absolute atomic E-state index is 4.39. The lowest BCUT2D eigenvalue weighted by Gasteiger charge is -1.78. The van der Waals surface area contributed by atoms with Crippen LogP contribution in [0.1, 0.15) is 6.92 Å². The zero-order chi connectivity index (χ0) is 2.71. The van der Waals surface area contributed by atoms with E-state index in [2.05, 4.69) is 12.6 Å². The van der Waals surface area contributed by atoms with Crippen LogP contribution < -0.4 is 6.15 Å². The molecule has 0 saturated carbocycles. The van der Waals surface area contributed by atoms with E-state index in [0.717, 1.165) is 5.75 Å². The lowest BCUT2D eigenvalue weighted by Crippen LogP contribution is -1.49. The standard InChI is InChI=1S/C2H6S.H3N/c1-2-3;/h3H,2H2,1H3;1H3. The second-order valence-corrected chi connectivity index (χ2v) is 0.866. The average molecular weight is 79.2 g/mol. The van der Waals surface area contributed by atoms with Gasteiger partial charge < -0.3 is 18.8 Å². The van der Waals surface area contributed by atoms with E-state index in [4.69, 9.17) is 0 Å². The SMILES string of the molecule is CC[S-].[NH4+]. The van der Waals surface area contributed by atoms with Gasteiger partial charge in [-0.15, -0.1) is 0 Å². The molecule has 0 amide bonds. The van der Waals surface area contributed by atoms with Gasteiger partial charge in [-0.25, -0.2) is 0 Å². The molecule has 0 unspecified atom stereocenters. The fourth-order valence-electron chi connectivity index (χ4n) is 0. The Labute approximate surface area is 32.4 Å². The van der Waals surface area contributed by atoms with Gasteiger partial charge in [-0.2, -0.15) is 5.75 Å². The van der Waals surface area contributed by atoms with Crippen molar-refractivity contribution in [2.75, 3.05) is 5.75 Å². The highest BCUT2D eigenvalue weighted by atomic mass is 32.1. The van der Waals surface area contributed by atoms with Gasteiger partial charge in [0.25, 0.3) is 0 Å². The highest BCUT2D eigenvalue weighted by molar-refractivity contribution is 7.58. The van der Waals surface area contributed by atoms with Crippen molar-refractivity contribution in [1.29, 1.82) is 0 Å². The normalized spacial score (nSPS) is 4.50. The molecule has 0 spiro atoms. The summed E-state index contributed by atoms with van der Waals surface area (Å²) in [7, 11) is 0. The molecule has 2 heteroatoms. The highest BCUT2D eigenvalue weighted by Gasteiger charge is 1.15. The third-order valence-electron chi connectivity index (χ3n) is 0. The lowest BCUT2D eigenvalue weighted by molar-refractivity contribution is 1.54. The maximum atomic E-state index is 4.39. The van der Waals surface area contributed by atoms with Crippen LogP contribution in [0.15, 0.2) is 0 Å². The minimum absolute atomic E-state index is 0. The monoisotopic (exact) mass is 79.0 g/mol. The second kappa shape index (κ2) is 10.3. The van der Waals surface area contributed by atoms with Crippen LogP contribution >= 0.6 is 0 Å². The first-order valence-corrected chi connectivity index (χ1v) is 1.57. The van der Waals surface area contributed by atoms with Crippen LogP contribution in [0, 0.1) is 0 Å². The van der Waals surface area contributed by atoms with Crippen molar-refractivity contribution in [2.45, 2.75) is 6.92 Å². The van der Waals surface area contributed by atoms with Crippen LogP contribution in [0.5, 0.6) is 0 Å². The summed E-state index contributed by atoms with van der Waals surface area (Å²) in [6, 6.07) is 0. The third-order valence-corrected chi connectivity index (χ3v) is 0. The summed E-state index contributed by atoms with van der Waals surface area (Å²) >= 11 is 4.39. The van der Waals surface area contributed by atoms with Crippen molar-refractivity contribution in [2.24, 2.45) is 0 Å². The quantitative estimate of drug-likeness (QED) is 0.431. The Morgan fingerprint density at radius 1 is 1.75 bits per heavy atom. The van der Waals surface area contributed by atoms with Crippen molar-refractivity contribution in [3.05, 3.63) is 0 Å². The topological polar surface area (TPSA) is 36.5 Å². The Morgan fingerprint density at radius 2 is 1.75 bits per heavy atom. The summed E-state index contributed by atoms with van der Waals surface area (Å²) < 4.78 is 0. The smallest absolute Gasteiger partial charge is 0.0874 e. The number of quaternary nitrogens is 1. The molecule has 0 aromatic carbocycles. The van der Waals surface area contributed by atoms with Gasteiger partial charge in [-0.3, -0.25) is 0 Å². The summed E-state index contributed by atoms with van der Waals surface area (Å²) in [5.41, 5.74) is 0. The molecule has 0 aliphatic heterocycles. The van der Waals surface area contributed by atoms with Crippen LogP contribution in [0.2, 0.25) is 0 Å². The molecule has 4 heavy (non-hydrogen) atoms. The van der Waals surface area contributed by atoms with Crippen LogP contribution in [0.4, 0.5) is 0 Å². The van der Waals surface area contributed by atoms with Crippen LogP contribution in [-0.2, 0) is 12.6 Å². The van der Waals surface area contributed by atoms with Crippen molar-refractivity contribution < 1.29 is 0 Å². The van der Waals surface area contributed by atoms with E-state index < -0.39 is 0 Å². The van der Waals surface area contributed by atoms with E-state index in [9.17, 15) is 0 Å². The molecule has 0 aliphatic rings. The van der Waals surface area contributed by atoms with Gasteiger partial charge >= 0.3 is 0 Å². The predicted molar refractivity (Wildman–Crippen MR) is 23.9 cm³/mol. The molecule has 0 atom stereocenters. The van der Waals surface area contributed by atoms with Gasteiger partial charge in [0.2, 0.25) is 0 Å². The van der Waals surface area contributed by atoms with Gasteiger partial charge in [0.15, 0.2) is 0 Å². The van der Waals surface area contributed by atoms with Gasteiger partial charge in [-0.05, 0) is 0 Å². The first-order chi connectivity index (χ1) is 1.41. The predicted octanol–water partition coefficient (Wildman–Crippen LogP) is 0.929. The van der Waals surface area contributed by atoms with E-state index >= 15 is 0 Å². The molecular formula is C2H9NS. The summed E-state index contributed by atoms with van der Waals surface area (Å²) in [6.45, 7) is 1.94. The average Bonchev–Trinajstić information content (AvgIpc) is 0.918. The minimum atomic E-state index is 0. The zero-order valence-electron chi connectivity index (χ0n) is 3.12. The molecule has 1 nitrogen and oxygen atoms in total. The molecule has 0 heterocycles. The summed E-state index contributed by atoms with van der Waals surface area (Å²) in [5.74, 6) is 0.833. The fourth-order valence-corrected chi connectivity index (χ4v) is 0. The Balaban J connectivity index is 0. The number of hydrogen-bond donors (Lipinski definition) is 1. The Kier molecular flexibility index (Phi) is 22.8. The molecule has 0 aromatic heterocycles. The minimum Gasteiger partial charge on any atom is -0.793 e. The van der Waals surface area contributed by atoms with Crippen molar-refractivity contribution >= 4 is 12.6 Å². The summed E-state index contributed by atoms with van der Waals surface area (Å²) in [6.07, 6.45) is 0. The van der Waals surface area contributed by atoms with Gasteiger partial charge in [0.1, 0.15) is 0 Å². The molecule has 0 rings (SSSR count). The lowest BCUT2D eigenvalue weighted by atomic mass is 11.0. The molecule has 0 fully saturated rings. The molecule has 4 N–H and O–H groups in total. The van der Waals surface area contributed by atoms with Crippen LogP contribution in [-0.4, -0.2) is 5.75 Å². The fraction of sp³-hybridized carbons (Fsp3) is 1.00. The van der Waals surface area contributed by atoms with E-state index in [0.29, 0.717) is 0 Å². The third kappa shape index (κ3) is 41.3. The van der Waals surface area contributed by atoms with E-state index in [1.807, 2.05) is 6.92 Å². The maximum Gasteiger partial charge on any atom is -0.0874 e. The van der Waals surface area contributed by atoms with Crippen molar-refractivity contribution in [1.82, 2.24) is 6.15 Å². The van der Waals surface area contributed by atoms with Gasteiger partial charge in [0, 0.05) is 0 Å². The molecular weight excluding hydrogens is 70.1 g/mol. The summed E-state index contributed by atoms with van der Waals surface area (Å²) in [5, 5.41) is 0. The second-order valence-electron chi connectivity index (χ2n) is 0.289. The first kappa shape index (κ1) is 8.85. The number of hydrogen-bond acceptors (Lipinski definition) is 1. The molecule has 0 aliphatic carbocycles. The molecule has 0 saturated heterocycles. The Bertz CT molecular complexity index is 6.00. The zero-order valence-corrected chi connectivity index (χ0v) is 3.93. The van der Waals surface area contributed by atoms with Crippen LogP contribution in [0.25, 0.3) is 0 Å².